The minimum Gasteiger partial charge on any atom is -0.392 e. The van der Waals surface area contributed by atoms with E-state index in [1.807, 2.05) is 0 Å². The molecule has 0 bridgehead atoms. The van der Waals surface area contributed by atoms with Crippen molar-refractivity contribution in [3.05, 3.63) is 28.9 Å². The first-order chi connectivity index (χ1) is 7.13. The van der Waals surface area contributed by atoms with Crippen LogP contribution in [0.2, 0.25) is 0 Å². The number of rotatable bonds is 2. The fourth-order valence-electron chi connectivity index (χ4n) is 1.67. The number of aromatic nitrogens is 1. The summed E-state index contributed by atoms with van der Waals surface area (Å²) in [5.41, 5.74) is 2.09. The number of hydrogen-bond acceptors (Lipinski definition) is 3. The summed E-state index contributed by atoms with van der Waals surface area (Å²) in [5.74, 6) is 0.505. The van der Waals surface area contributed by atoms with Crippen molar-refractivity contribution >= 4 is 20.7 Å². The number of aliphatic hydroxyl groups is 1. The molecule has 1 aromatic heterocycles. The molecule has 2 rings (SSSR count). The second-order valence-electron chi connectivity index (χ2n) is 3.73. The maximum atomic E-state index is 9.19. The molecule has 1 saturated carbocycles. The van der Waals surface area contributed by atoms with Crippen LogP contribution in [0.5, 0.6) is 0 Å². The van der Waals surface area contributed by atoms with Gasteiger partial charge in [-0.1, -0.05) is 0 Å². The van der Waals surface area contributed by atoms with Crippen LogP contribution in [0.15, 0.2) is 12.3 Å². The Labute approximate surface area is 95.7 Å². The van der Waals surface area contributed by atoms with Crippen molar-refractivity contribution < 1.29 is 5.11 Å². The lowest BCUT2D eigenvalue weighted by Crippen LogP contribution is -2.24. The van der Waals surface area contributed by atoms with E-state index in [-0.39, 0.29) is 16.8 Å². The number of nitrogens with zero attached hydrogens (tertiary/aromatic N) is 1. The highest BCUT2D eigenvalue weighted by atomic mass is 79.9. The number of hydrogen-bond donors (Lipinski definition) is 3. The minimum atomic E-state index is -0.0336. The lowest BCUT2D eigenvalue weighted by Gasteiger charge is -2.10. The summed E-state index contributed by atoms with van der Waals surface area (Å²) >= 11 is 3.05. The number of pyridine rings is 1. The minimum absolute atomic E-state index is 0.0336. The monoisotopic (exact) mass is 269 g/mol. The third kappa shape index (κ3) is 2.03. The van der Waals surface area contributed by atoms with E-state index >= 15 is 0 Å². The summed E-state index contributed by atoms with van der Waals surface area (Å²) in [6, 6.07) is 1.63. The first-order valence-corrected chi connectivity index (χ1v) is 5.58. The van der Waals surface area contributed by atoms with Gasteiger partial charge in [-0.2, -0.15) is 0 Å². The van der Waals surface area contributed by atoms with Crippen molar-refractivity contribution in [2.75, 3.05) is 0 Å². The largest absolute Gasteiger partial charge is 0.392 e. The van der Waals surface area contributed by atoms with Crippen LogP contribution in [-0.4, -0.2) is 14.4 Å². The van der Waals surface area contributed by atoms with Gasteiger partial charge < -0.3 is 5.11 Å². The van der Waals surface area contributed by atoms with Gasteiger partial charge in [-0.3, -0.25) is 15.4 Å². The lowest BCUT2D eigenvalue weighted by atomic mass is 10.1. The molecule has 0 atom stereocenters. The van der Waals surface area contributed by atoms with Crippen LogP contribution in [0, 0.1) is 10.8 Å². The molecule has 0 aliphatic heterocycles. The van der Waals surface area contributed by atoms with Gasteiger partial charge in [0.2, 0.25) is 0 Å². The van der Waals surface area contributed by atoms with Crippen molar-refractivity contribution in [1.29, 1.82) is 10.8 Å². The Hall–Kier alpha value is -0.940. The van der Waals surface area contributed by atoms with Gasteiger partial charge >= 0.3 is 0 Å². The summed E-state index contributed by atoms with van der Waals surface area (Å²) in [5, 5.41) is 24.3. The summed E-state index contributed by atoms with van der Waals surface area (Å²) in [7, 11) is 0. The Morgan fingerprint density at radius 2 is 2.27 bits per heavy atom. The zero-order valence-corrected chi connectivity index (χ0v) is 9.71. The van der Waals surface area contributed by atoms with Gasteiger partial charge in [0.15, 0.2) is 4.74 Å². The standard InChI is InChI=1S/C10H12BrN3O/c11-10(13)14-4-8(6-1-2-6)7(5-15)3-9(14)12/h3-4,6,12-13,15H,1-2,5H2. The average Bonchev–Trinajstić information content (AvgIpc) is 3.00. The average molecular weight is 270 g/mol. The summed E-state index contributed by atoms with van der Waals surface area (Å²) < 4.78 is 1.62. The van der Waals surface area contributed by atoms with E-state index in [0.717, 1.165) is 24.0 Å². The Morgan fingerprint density at radius 1 is 1.60 bits per heavy atom. The van der Waals surface area contributed by atoms with E-state index in [4.69, 9.17) is 10.8 Å². The third-order valence-corrected chi connectivity index (χ3v) is 2.99. The molecule has 4 nitrogen and oxygen atoms in total. The van der Waals surface area contributed by atoms with Crippen molar-refractivity contribution in [2.45, 2.75) is 25.4 Å². The predicted molar refractivity (Wildman–Crippen MR) is 60.2 cm³/mol. The maximum absolute atomic E-state index is 9.19. The maximum Gasteiger partial charge on any atom is 0.175 e. The SMILES string of the molecule is N=C(Br)n1cc(C2CC2)c(CO)cc1=N. The van der Waals surface area contributed by atoms with E-state index in [2.05, 4.69) is 15.9 Å². The van der Waals surface area contributed by atoms with Gasteiger partial charge in [0.05, 0.1) is 6.61 Å². The fraction of sp³-hybridized carbons (Fsp3) is 0.400. The van der Waals surface area contributed by atoms with Crippen LogP contribution in [0.4, 0.5) is 0 Å². The number of nitrogens with one attached hydrogen (secondary N) is 2. The normalized spacial score (nSPS) is 15.3. The van der Waals surface area contributed by atoms with Crippen molar-refractivity contribution in [1.82, 2.24) is 4.57 Å². The molecular weight excluding hydrogens is 258 g/mol. The smallest absolute Gasteiger partial charge is 0.175 e. The lowest BCUT2D eigenvalue weighted by molar-refractivity contribution is 0.280. The van der Waals surface area contributed by atoms with E-state index < -0.39 is 0 Å². The second kappa shape index (κ2) is 3.90. The van der Waals surface area contributed by atoms with Crippen LogP contribution in [0.1, 0.15) is 29.9 Å². The highest BCUT2D eigenvalue weighted by Gasteiger charge is 2.26. The van der Waals surface area contributed by atoms with E-state index in [0.29, 0.717) is 5.92 Å². The molecule has 1 aliphatic rings. The molecular formula is C10H12BrN3O. The van der Waals surface area contributed by atoms with E-state index in [1.54, 1.807) is 12.3 Å². The van der Waals surface area contributed by atoms with E-state index in [9.17, 15) is 5.11 Å². The van der Waals surface area contributed by atoms with E-state index in [1.165, 1.54) is 4.57 Å². The molecule has 0 radical (unpaired) electrons. The van der Waals surface area contributed by atoms with Gasteiger partial charge in [-0.05, 0) is 51.9 Å². The molecule has 5 heteroatoms. The highest BCUT2D eigenvalue weighted by molar-refractivity contribution is 9.18. The zero-order chi connectivity index (χ0) is 11.0. The van der Waals surface area contributed by atoms with Gasteiger partial charge in [0.1, 0.15) is 5.49 Å². The topological polar surface area (TPSA) is 72.9 Å². The Bertz CT molecular complexity index is 462. The first kappa shape index (κ1) is 10.6. The van der Waals surface area contributed by atoms with Gasteiger partial charge in [0, 0.05) is 6.20 Å². The Morgan fingerprint density at radius 3 is 2.73 bits per heavy atom. The van der Waals surface area contributed by atoms with Gasteiger partial charge in [0.25, 0.3) is 0 Å². The molecule has 1 heterocycles. The summed E-state index contributed by atoms with van der Waals surface area (Å²) in [6.07, 6.45) is 4.06. The molecule has 0 unspecified atom stereocenters. The predicted octanol–water partition coefficient (Wildman–Crippen LogP) is 1.52. The molecule has 0 amide bonds. The van der Waals surface area contributed by atoms with Crippen molar-refractivity contribution in [3.63, 3.8) is 0 Å². The fourth-order valence-corrected chi connectivity index (χ4v) is 1.96. The van der Waals surface area contributed by atoms with Crippen LogP contribution < -0.4 is 5.49 Å². The first-order valence-electron chi connectivity index (χ1n) is 4.79. The van der Waals surface area contributed by atoms with Crippen LogP contribution in [0.3, 0.4) is 0 Å². The van der Waals surface area contributed by atoms with Crippen LogP contribution in [0.25, 0.3) is 0 Å². The quantitative estimate of drug-likeness (QED) is 0.553. The zero-order valence-electron chi connectivity index (χ0n) is 8.13. The molecule has 0 saturated heterocycles. The molecule has 0 spiro atoms. The van der Waals surface area contributed by atoms with Gasteiger partial charge in [-0.15, -0.1) is 0 Å². The molecule has 1 fully saturated rings. The van der Waals surface area contributed by atoms with Crippen LogP contribution >= 0.6 is 15.9 Å². The van der Waals surface area contributed by atoms with Gasteiger partial charge in [-0.25, -0.2) is 0 Å². The Kier molecular flexibility index (Phi) is 2.75. The molecule has 3 N–H and O–H groups in total. The molecule has 1 aliphatic carbocycles. The summed E-state index contributed by atoms with van der Waals surface area (Å²) in [4.78, 5) is 0. The molecule has 1 aromatic rings. The van der Waals surface area contributed by atoms with Crippen LogP contribution in [-0.2, 0) is 6.61 Å². The van der Waals surface area contributed by atoms with Crippen molar-refractivity contribution in [2.24, 2.45) is 0 Å². The number of halogens is 1. The highest BCUT2D eigenvalue weighted by Crippen LogP contribution is 2.41. The second-order valence-corrected chi connectivity index (χ2v) is 4.48. The number of aliphatic hydroxyl groups excluding tert-OH is 1. The third-order valence-electron chi connectivity index (χ3n) is 2.61. The molecule has 15 heavy (non-hydrogen) atoms. The molecule has 80 valence electrons. The Balaban J connectivity index is 2.56. The summed E-state index contributed by atoms with van der Waals surface area (Å²) in [6.45, 7) is -0.0336. The van der Waals surface area contributed by atoms with Crippen molar-refractivity contribution in [3.8, 4) is 0 Å². The molecule has 0 aromatic carbocycles.